The van der Waals surface area contributed by atoms with Gasteiger partial charge in [-0.3, -0.25) is 4.79 Å². The molecule has 0 spiro atoms. The van der Waals surface area contributed by atoms with Crippen molar-refractivity contribution in [2.75, 3.05) is 19.8 Å². The predicted molar refractivity (Wildman–Crippen MR) is 75.0 cm³/mol. The number of nitrogens with two attached hydrogens (primary N) is 1. The maximum atomic E-state index is 12.5. The quantitative estimate of drug-likeness (QED) is 0.890. The topological polar surface area (TPSA) is 55.6 Å². The molecule has 1 aromatic heterocycles. The average Bonchev–Trinajstić information content (AvgIpc) is 2.94. The molecule has 0 aliphatic carbocycles. The molecule has 0 saturated carbocycles. The van der Waals surface area contributed by atoms with Gasteiger partial charge in [-0.25, -0.2) is 0 Å². The number of nitrogens with zero attached hydrogens (tertiary/aromatic N) is 1. The van der Waals surface area contributed by atoms with E-state index in [1.165, 1.54) is 10.4 Å². The molecule has 2 aliphatic rings. The molecule has 4 nitrogen and oxygen atoms in total. The fourth-order valence-electron chi connectivity index (χ4n) is 2.92. The SMILES string of the molecule is NC(C(=O)N1CCc2sccc2C1)C1CCOCC1. The second-order valence-corrected chi connectivity index (χ2v) is 6.36. The Balaban J connectivity index is 1.64. The van der Waals surface area contributed by atoms with E-state index < -0.39 is 0 Å². The molecular formula is C14H20N2O2S. The molecule has 1 unspecified atom stereocenters. The van der Waals surface area contributed by atoms with Crippen LogP contribution in [0.3, 0.4) is 0 Å². The third kappa shape index (κ3) is 2.68. The molecule has 5 heteroatoms. The molecule has 3 rings (SSSR count). The van der Waals surface area contributed by atoms with Crippen molar-refractivity contribution in [3.05, 3.63) is 21.9 Å². The molecule has 104 valence electrons. The molecule has 1 amide bonds. The lowest BCUT2D eigenvalue weighted by molar-refractivity contribution is -0.135. The Morgan fingerprint density at radius 1 is 1.47 bits per heavy atom. The van der Waals surface area contributed by atoms with E-state index >= 15 is 0 Å². The van der Waals surface area contributed by atoms with Gasteiger partial charge in [-0.05, 0) is 42.2 Å². The van der Waals surface area contributed by atoms with Crippen LogP contribution < -0.4 is 5.73 Å². The highest BCUT2D eigenvalue weighted by molar-refractivity contribution is 7.10. The second kappa shape index (κ2) is 5.61. The second-order valence-electron chi connectivity index (χ2n) is 5.35. The van der Waals surface area contributed by atoms with Crippen LogP contribution in [0.2, 0.25) is 0 Å². The zero-order chi connectivity index (χ0) is 13.2. The number of rotatable bonds is 2. The molecule has 2 aliphatic heterocycles. The summed E-state index contributed by atoms with van der Waals surface area (Å²) in [6.45, 7) is 3.01. The minimum absolute atomic E-state index is 0.115. The number of thiophene rings is 1. The van der Waals surface area contributed by atoms with E-state index in [1.807, 2.05) is 4.90 Å². The first kappa shape index (κ1) is 13.1. The van der Waals surface area contributed by atoms with Crippen LogP contribution >= 0.6 is 11.3 Å². The van der Waals surface area contributed by atoms with Gasteiger partial charge in [0.25, 0.3) is 0 Å². The summed E-state index contributed by atoms with van der Waals surface area (Å²) in [6.07, 6.45) is 2.79. The number of hydrogen-bond acceptors (Lipinski definition) is 4. The molecule has 3 heterocycles. The van der Waals surface area contributed by atoms with E-state index in [4.69, 9.17) is 10.5 Å². The predicted octanol–water partition coefficient (Wildman–Crippen LogP) is 1.39. The summed E-state index contributed by atoms with van der Waals surface area (Å²) >= 11 is 1.79. The van der Waals surface area contributed by atoms with Crippen molar-refractivity contribution in [3.63, 3.8) is 0 Å². The zero-order valence-electron chi connectivity index (χ0n) is 11.0. The van der Waals surface area contributed by atoms with Crippen LogP contribution in [0, 0.1) is 5.92 Å². The van der Waals surface area contributed by atoms with E-state index in [0.29, 0.717) is 0 Å². The van der Waals surface area contributed by atoms with Crippen LogP contribution in [-0.4, -0.2) is 36.6 Å². The first-order valence-corrected chi connectivity index (χ1v) is 7.81. The number of fused-ring (bicyclic) bond motifs is 1. The number of carbonyl (C=O) groups excluding carboxylic acids is 1. The fraction of sp³-hybridized carbons (Fsp3) is 0.643. The van der Waals surface area contributed by atoms with Crippen molar-refractivity contribution in [1.82, 2.24) is 4.90 Å². The van der Waals surface area contributed by atoms with Gasteiger partial charge in [-0.15, -0.1) is 11.3 Å². The number of hydrogen-bond donors (Lipinski definition) is 1. The van der Waals surface area contributed by atoms with E-state index in [1.54, 1.807) is 11.3 Å². The molecule has 1 fully saturated rings. The first-order chi connectivity index (χ1) is 9.25. The summed E-state index contributed by atoms with van der Waals surface area (Å²) in [5.41, 5.74) is 7.47. The molecule has 0 radical (unpaired) electrons. The molecule has 1 saturated heterocycles. The Hall–Kier alpha value is -0.910. The van der Waals surface area contributed by atoms with E-state index in [2.05, 4.69) is 11.4 Å². The van der Waals surface area contributed by atoms with Crippen molar-refractivity contribution in [3.8, 4) is 0 Å². The third-order valence-electron chi connectivity index (χ3n) is 4.18. The lowest BCUT2D eigenvalue weighted by Gasteiger charge is -2.33. The molecule has 0 bridgehead atoms. The smallest absolute Gasteiger partial charge is 0.240 e. The summed E-state index contributed by atoms with van der Waals surface area (Å²) in [5.74, 6) is 0.397. The van der Waals surface area contributed by atoms with E-state index in [9.17, 15) is 4.79 Å². The summed E-state index contributed by atoms with van der Waals surface area (Å²) in [6, 6.07) is 1.77. The summed E-state index contributed by atoms with van der Waals surface area (Å²) in [4.78, 5) is 15.8. The van der Waals surface area contributed by atoms with Crippen LogP contribution in [0.25, 0.3) is 0 Å². The van der Waals surface area contributed by atoms with Gasteiger partial charge >= 0.3 is 0 Å². The maximum Gasteiger partial charge on any atom is 0.240 e. The van der Waals surface area contributed by atoms with Crippen LogP contribution in [-0.2, 0) is 22.5 Å². The Morgan fingerprint density at radius 2 is 2.26 bits per heavy atom. The molecule has 1 atom stereocenters. The van der Waals surface area contributed by atoms with Gasteiger partial charge in [0, 0.05) is 31.2 Å². The Bertz CT molecular complexity index is 454. The summed E-state index contributed by atoms with van der Waals surface area (Å²) < 4.78 is 5.33. The average molecular weight is 280 g/mol. The lowest BCUT2D eigenvalue weighted by atomic mass is 9.91. The standard InChI is InChI=1S/C14H20N2O2S/c15-13(10-2-6-18-7-3-10)14(17)16-5-1-12-11(9-16)4-8-19-12/h4,8,10,13H,1-3,5-7,9,15H2. The normalized spacial score (nSPS) is 22.1. The highest BCUT2D eigenvalue weighted by atomic mass is 32.1. The van der Waals surface area contributed by atoms with Crippen LogP contribution in [0.15, 0.2) is 11.4 Å². The van der Waals surface area contributed by atoms with Gasteiger partial charge in [-0.2, -0.15) is 0 Å². The van der Waals surface area contributed by atoms with Gasteiger partial charge in [0.1, 0.15) is 0 Å². The molecule has 2 N–H and O–H groups in total. The largest absolute Gasteiger partial charge is 0.381 e. The fourth-order valence-corrected chi connectivity index (χ4v) is 3.81. The molecule has 0 aromatic carbocycles. The van der Waals surface area contributed by atoms with Crippen LogP contribution in [0.5, 0.6) is 0 Å². The van der Waals surface area contributed by atoms with E-state index in [0.717, 1.165) is 45.6 Å². The Morgan fingerprint density at radius 3 is 3.05 bits per heavy atom. The summed E-state index contributed by atoms with van der Waals surface area (Å²) in [7, 11) is 0. The van der Waals surface area contributed by atoms with Gasteiger partial charge in [0.05, 0.1) is 6.04 Å². The van der Waals surface area contributed by atoms with Crippen molar-refractivity contribution in [2.45, 2.75) is 31.8 Å². The number of ether oxygens (including phenoxy) is 1. The molecular weight excluding hydrogens is 260 g/mol. The monoisotopic (exact) mass is 280 g/mol. The van der Waals surface area contributed by atoms with Crippen LogP contribution in [0.1, 0.15) is 23.3 Å². The Labute approximate surface area is 117 Å². The van der Waals surface area contributed by atoms with Gasteiger partial charge in [0.2, 0.25) is 5.91 Å². The van der Waals surface area contributed by atoms with Gasteiger partial charge in [0.15, 0.2) is 0 Å². The van der Waals surface area contributed by atoms with Crippen molar-refractivity contribution < 1.29 is 9.53 Å². The van der Waals surface area contributed by atoms with Crippen LogP contribution in [0.4, 0.5) is 0 Å². The summed E-state index contributed by atoms with van der Waals surface area (Å²) in [5, 5.41) is 2.11. The first-order valence-electron chi connectivity index (χ1n) is 6.93. The third-order valence-corrected chi connectivity index (χ3v) is 5.20. The van der Waals surface area contributed by atoms with Gasteiger partial charge in [-0.1, -0.05) is 0 Å². The number of carbonyl (C=O) groups is 1. The zero-order valence-corrected chi connectivity index (χ0v) is 11.8. The number of amides is 1. The Kier molecular flexibility index (Phi) is 3.86. The maximum absolute atomic E-state index is 12.5. The van der Waals surface area contributed by atoms with Crippen molar-refractivity contribution in [2.24, 2.45) is 11.7 Å². The van der Waals surface area contributed by atoms with E-state index in [-0.39, 0.29) is 17.9 Å². The molecule has 1 aromatic rings. The lowest BCUT2D eigenvalue weighted by Crippen LogP contribution is -2.50. The minimum atomic E-state index is -0.357. The van der Waals surface area contributed by atoms with Gasteiger partial charge < -0.3 is 15.4 Å². The highest BCUT2D eigenvalue weighted by Gasteiger charge is 2.31. The van der Waals surface area contributed by atoms with Crippen molar-refractivity contribution >= 4 is 17.2 Å². The van der Waals surface area contributed by atoms with Crippen molar-refractivity contribution in [1.29, 1.82) is 0 Å². The highest BCUT2D eigenvalue weighted by Crippen LogP contribution is 2.26. The molecule has 19 heavy (non-hydrogen) atoms. The minimum Gasteiger partial charge on any atom is -0.381 e.